The van der Waals surface area contributed by atoms with E-state index >= 15 is 0 Å². The average Bonchev–Trinajstić information content (AvgIpc) is 3.43. The van der Waals surface area contributed by atoms with Crippen LogP contribution >= 0.6 is 12.4 Å². The smallest absolute Gasteiger partial charge is 0.238 e. The number of carbonyl (C=O) groups excluding carboxylic acids is 2. The summed E-state index contributed by atoms with van der Waals surface area (Å²) in [6, 6.07) is 4.25. The van der Waals surface area contributed by atoms with Crippen molar-refractivity contribution < 1.29 is 14.0 Å². The highest BCUT2D eigenvalue weighted by atomic mass is 35.5. The summed E-state index contributed by atoms with van der Waals surface area (Å²) in [6.07, 6.45) is 7.43. The first-order valence-electron chi connectivity index (χ1n) is 9.23. The molecule has 0 bridgehead atoms. The predicted molar refractivity (Wildman–Crippen MR) is 103 cm³/mol. The molecule has 2 aliphatic carbocycles. The van der Waals surface area contributed by atoms with Crippen LogP contribution in [0.25, 0.3) is 0 Å². The zero-order valence-corrected chi connectivity index (χ0v) is 15.7. The van der Waals surface area contributed by atoms with Gasteiger partial charge in [0.1, 0.15) is 5.82 Å². The maximum atomic E-state index is 14.0. The molecular formula is C19H27ClFN3O2. The lowest BCUT2D eigenvalue weighted by molar-refractivity contribution is -0.120. The molecule has 7 heteroatoms. The first-order valence-corrected chi connectivity index (χ1v) is 9.23. The minimum atomic E-state index is -0.492. The molecule has 2 aliphatic rings. The third-order valence-corrected chi connectivity index (χ3v) is 4.90. The summed E-state index contributed by atoms with van der Waals surface area (Å²) in [7, 11) is 0. The average molecular weight is 384 g/mol. The van der Waals surface area contributed by atoms with E-state index in [-0.39, 0.29) is 42.4 Å². The maximum absolute atomic E-state index is 14.0. The SMILES string of the molecule is Cl.O=C(CNCC1CC1)Nc1ccc(F)c(NC(=O)C2CCCCC2)c1. The van der Waals surface area contributed by atoms with Gasteiger partial charge < -0.3 is 16.0 Å². The van der Waals surface area contributed by atoms with Crippen LogP contribution in [-0.2, 0) is 9.59 Å². The molecule has 0 radical (unpaired) electrons. The Kier molecular flexibility index (Phi) is 7.85. The van der Waals surface area contributed by atoms with Gasteiger partial charge in [0.25, 0.3) is 0 Å². The molecule has 0 aromatic heterocycles. The van der Waals surface area contributed by atoms with Crippen LogP contribution in [0.5, 0.6) is 0 Å². The van der Waals surface area contributed by atoms with Gasteiger partial charge in [0.05, 0.1) is 12.2 Å². The van der Waals surface area contributed by atoms with E-state index in [0.29, 0.717) is 11.6 Å². The zero-order valence-electron chi connectivity index (χ0n) is 14.9. The number of hydrogen-bond acceptors (Lipinski definition) is 3. The third-order valence-electron chi connectivity index (χ3n) is 4.90. The van der Waals surface area contributed by atoms with Gasteiger partial charge in [0.2, 0.25) is 11.8 Å². The van der Waals surface area contributed by atoms with Crippen LogP contribution in [0.3, 0.4) is 0 Å². The number of nitrogens with one attached hydrogen (secondary N) is 3. The van der Waals surface area contributed by atoms with Gasteiger partial charge >= 0.3 is 0 Å². The van der Waals surface area contributed by atoms with Crippen LogP contribution in [0.15, 0.2) is 18.2 Å². The van der Waals surface area contributed by atoms with E-state index in [2.05, 4.69) is 16.0 Å². The van der Waals surface area contributed by atoms with Crippen molar-refractivity contribution in [3.05, 3.63) is 24.0 Å². The number of amides is 2. The van der Waals surface area contributed by atoms with E-state index in [0.717, 1.165) is 38.6 Å². The molecule has 3 rings (SSSR count). The second kappa shape index (κ2) is 9.88. The lowest BCUT2D eigenvalue weighted by Crippen LogP contribution is -2.29. The molecule has 0 aliphatic heterocycles. The third kappa shape index (κ3) is 6.25. The van der Waals surface area contributed by atoms with Crippen molar-refractivity contribution in [3.63, 3.8) is 0 Å². The van der Waals surface area contributed by atoms with Gasteiger partial charge in [-0.1, -0.05) is 19.3 Å². The summed E-state index contributed by atoms with van der Waals surface area (Å²) in [6.45, 7) is 1.09. The molecule has 2 amide bonds. The highest BCUT2D eigenvalue weighted by Crippen LogP contribution is 2.28. The molecule has 2 fully saturated rings. The maximum Gasteiger partial charge on any atom is 0.238 e. The van der Waals surface area contributed by atoms with Crippen molar-refractivity contribution in [2.75, 3.05) is 23.7 Å². The molecule has 0 atom stereocenters. The number of carbonyl (C=O) groups is 2. The lowest BCUT2D eigenvalue weighted by Gasteiger charge is -2.21. The number of benzene rings is 1. The summed E-state index contributed by atoms with van der Waals surface area (Å²) in [4.78, 5) is 24.2. The van der Waals surface area contributed by atoms with Crippen LogP contribution in [0.4, 0.5) is 15.8 Å². The standard InChI is InChI=1S/C19H26FN3O2.ClH/c20-16-9-8-15(22-18(24)12-21-11-13-6-7-13)10-17(16)23-19(25)14-4-2-1-3-5-14;/h8-10,13-14,21H,1-7,11-12H2,(H,22,24)(H,23,25);1H. The Bertz CT molecular complexity index is 631. The summed E-state index contributed by atoms with van der Waals surface area (Å²) in [5.41, 5.74) is 0.609. The van der Waals surface area contributed by atoms with Crippen LogP contribution in [0.1, 0.15) is 44.9 Å². The minimum absolute atomic E-state index is 0. The number of hydrogen-bond donors (Lipinski definition) is 3. The normalized spacial score (nSPS) is 17.3. The van der Waals surface area contributed by atoms with Crippen LogP contribution in [0, 0.1) is 17.7 Å². The molecule has 144 valence electrons. The van der Waals surface area contributed by atoms with E-state index in [1.54, 1.807) is 0 Å². The molecule has 1 aromatic rings. The molecule has 1 aromatic carbocycles. The van der Waals surface area contributed by atoms with Crippen molar-refractivity contribution in [2.45, 2.75) is 44.9 Å². The summed E-state index contributed by atoms with van der Waals surface area (Å²) >= 11 is 0. The molecule has 5 nitrogen and oxygen atoms in total. The zero-order chi connectivity index (χ0) is 17.6. The molecule has 2 saturated carbocycles. The van der Waals surface area contributed by atoms with E-state index in [1.807, 2.05) is 0 Å². The van der Waals surface area contributed by atoms with Gasteiger partial charge in [-0.3, -0.25) is 9.59 Å². The van der Waals surface area contributed by atoms with E-state index in [1.165, 1.54) is 31.0 Å². The first kappa shape index (κ1) is 20.6. The van der Waals surface area contributed by atoms with Crippen LogP contribution < -0.4 is 16.0 Å². The van der Waals surface area contributed by atoms with Gasteiger partial charge in [0.15, 0.2) is 0 Å². The van der Waals surface area contributed by atoms with Gasteiger partial charge in [-0.15, -0.1) is 12.4 Å². The van der Waals surface area contributed by atoms with Gasteiger partial charge in [-0.25, -0.2) is 4.39 Å². The van der Waals surface area contributed by atoms with Crippen molar-refractivity contribution in [2.24, 2.45) is 11.8 Å². The quantitative estimate of drug-likeness (QED) is 0.672. The molecule has 0 heterocycles. The number of halogens is 2. The largest absolute Gasteiger partial charge is 0.325 e. The second-order valence-corrected chi connectivity index (χ2v) is 7.14. The summed E-state index contributed by atoms with van der Waals surface area (Å²) in [5, 5.41) is 8.53. The van der Waals surface area contributed by atoms with E-state index in [4.69, 9.17) is 0 Å². The number of rotatable bonds is 7. The summed E-state index contributed by atoms with van der Waals surface area (Å²) in [5.74, 6) is -0.128. The van der Waals surface area contributed by atoms with E-state index in [9.17, 15) is 14.0 Å². The Labute approximate surface area is 159 Å². The molecule has 0 saturated heterocycles. The lowest BCUT2D eigenvalue weighted by atomic mass is 9.88. The van der Waals surface area contributed by atoms with Gasteiger partial charge in [-0.05, 0) is 56.3 Å². The molecule has 26 heavy (non-hydrogen) atoms. The van der Waals surface area contributed by atoms with E-state index < -0.39 is 5.82 Å². The van der Waals surface area contributed by atoms with Crippen LogP contribution in [0.2, 0.25) is 0 Å². The fourth-order valence-electron chi connectivity index (χ4n) is 3.22. The predicted octanol–water partition coefficient (Wildman–Crippen LogP) is 3.70. The van der Waals surface area contributed by atoms with Crippen molar-refractivity contribution in [1.29, 1.82) is 0 Å². The fourth-order valence-corrected chi connectivity index (χ4v) is 3.22. The highest BCUT2D eigenvalue weighted by Gasteiger charge is 2.22. The molecule has 3 N–H and O–H groups in total. The van der Waals surface area contributed by atoms with Crippen molar-refractivity contribution in [3.8, 4) is 0 Å². The molecule has 0 spiro atoms. The topological polar surface area (TPSA) is 70.2 Å². The second-order valence-electron chi connectivity index (χ2n) is 7.14. The monoisotopic (exact) mass is 383 g/mol. The van der Waals surface area contributed by atoms with Gasteiger partial charge in [0, 0.05) is 11.6 Å². The number of anilines is 2. The molecular weight excluding hydrogens is 357 g/mol. The molecule has 0 unspecified atom stereocenters. The fraction of sp³-hybridized carbons (Fsp3) is 0.579. The Morgan fingerprint density at radius 2 is 1.77 bits per heavy atom. The Morgan fingerprint density at radius 1 is 1.04 bits per heavy atom. The van der Waals surface area contributed by atoms with Crippen molar-refractivity contribution in [1.82, 2.24) is 5.32 Å². The Balaban J connectivity index is 0.00000243. The minimum Gasteiger partial charge on any atom is -0.325 e. The first-order chi connectivity index (χ1) is 12.1. The Morgan fingerprint density at radius 3 is 2.46 bits per heavy atom. The Hall–Kier alpha value is -1.66. The summed E-state index contributed by atoms with van der Waals surface area (Å²) < 4.78 is 14.0. The van der Waals surface area contributed by atoms with Crippen molar-refractivity contribution >= 4 is 35.6 Å². The highest BCUT2D eigenvalue weighted by molar-refractivity contribution is 5.95. The van der Waals surface area contributed by atoms with Gasteiger partial charge in [-0.2, -0.15) is 0 Å². The van der Waals surface area contributed by atoms with Crippen LogP contribution in [-0.4, -0.2) is 24.9 Å².